The Hall–Kier alpha value is -3.17. The number of benzene rings is 2. The highest BCUT2D eigenvalue weighted by Crippen LogP contribution is 2.34. The van der Waals surface area contributed by atoms with Gasteiger partial charge in [-0.05, 0) is 57.0 Å². The minimum Gasteiger partial charge on any atom is -0.455 e. The topological polar surface area (TPSA) is 102 Å². The lowest BCUT2D eigenvalue weighted by molar-refractivity contribution is 0.102. The Bertz CT molecular complexity index is 1200. The predicted octanol–water partition coefficient (Wildman–Crippen LogP) is 4.51. The molecule has 2 heterocycles. The van der Waals surface area contributed by atoms with Crippen LogP contribution in [0.15, 0.2) is 57.9 Å². The zero-order valence-corrected chi connectivity index (χ0v) is 18.8. The molecule has 0 bridgehead atoms. The summed E-state index contributed by atoms with van der Waals surface area (Å²) in [4.78, 5) is 13.1. The first-order valence-electron chi connectivity index (χ1n) is 10.5. The Morgan fingerprint density at radius 1 is 1.06 bits per heavy atom. The van der Waals surface area contributed by atoms with Crippen LogP contribution in [0.1, 0.15) is 41.1 Å². The van der Waals surface area contributed by atoms with Crippen LogP contribution < -0.4 is 10.1 Å². The van der Waals surface area contributed by atoms with E-state index in [1.54, 1.807) is 32.0 Å². The van der Waals surface area contributed by atoms with E-state index in [1.807, 2.05) is 18.2 Å². The third-order valence-electron chi connectivity index (χ3n) is 5.38. The van der Waals surface area contributed by atoms with Crippen LogP contribution in [0.4, 0.5) is 5.69 Å². The number of amides is 1. The molecule has 1 aliphatic heterocycles. The van der Waals surface area contributed by atoms with E-state index in [0.29, 0.717) is 41.6 Å². The van der Waals surface area contributed by atoms with Crippen molar-refractivity contribution in [1.29, 1.82) is 0 Å². The first-order valence-corrected chi connectivity index (χ1v) is 11.9. The third-order valence-corrected chi connectivity index (χ3v) is 7.28. The van der Waals surface area contributed by atoms with Crippen LogP contribution in [0, 0.1) is 13.8 Å². The summed E-state index contributed by atoms with van der Waals surface area (Å²) < 4.78 is 38.9. The van der Waals surface area contributed by atoms with Gasteiger partial charge in [0.25, 0.3) is 5.91 Å². The van der Waals surface area contributed by atoms with Crippen LogP contribution in [-0.4, -0.2) is 36.9 Å². The molecule has 32 heavy (non-hydrogen) atoms. The molecule has 0 atom stereocenters. The highest BCUT2D eigenvalue weighted by atomic mass is 32.2. The number of piperidine rings is 1. The Kier molecular flexibility index (Phi) is 6.29. The monoisotopic (exact) mass is 455 g/mol. The minimum atomic E-state index is -3.68. The van der Waals surface area contributed by atoms with Crippen molar-refractivity contribution in [2.24, 2.45) is 0 Å². The van der Waals surface area contributed by atoms with Gasteiger partial charge in [-0.2, -0.15) is 4.31 Å². The van der Waals surface area contributed by atoms with E-state index in [-0.39, 0.29) is 10.6 Å². The highest BCUT2D eigenvalue weighted by Gasteiger charge is 2.27. The molecule has 0 aliphatic carbocycles. The summed E-state index contributed by atoms with van der Waals surface area (Å²) in [6.45, 7) is 4.30. The Morgan fingerprint density at radius 3 is 2.44 bits per heavy atom. The molecule has 1 N–H and O–H groups in total. The number of para-hydroxylation sites is 1. The second kappa shape index (κ2) is 9.13. The van der Waals surface area contributed by atoms with Crippen molar-refractivity contribution in [1.82, 2.24) is 9.46 Å². The maximum Gasteiger partial charge on any atom is 0.261 e. The molecule has 4 rings (SSSR count). The number of aryl methyl sites for hydroxylation is 2. The van der Waals surface area contributed by atoms with Gasteiger partial charge in [-0.3, -0.25) is 4.79 Å². The van der Waals surface area contributed by atoms with Crippen LogP contribution in [0.3, 0.4) is 0 Å². The minimum absolute atomic E-state index is 0.105. The lowest BCUT2D eigenvalue weighted by atomic mass is 10.2. The molecule has 8 nitrogen and oxygen atoms in total. The quantitative estimate of drug-likeness (QED) is 0.587. The van der Waals surface area contributed by atoms with Crippen LogP contribution in [0.5, 0.6) is 11.5 Å². The molecule has 0 spiro atoms. The van der Waals surface area contributed by atoms with Crippen LogP contribution in [-0.2, 0) is 10.0 Å². The Labute approximate surface area is 187 Å². The normalized spacial score (nSPS) is 14.8. The molecule has 168 valence electrons. The van der Waals surface area contributed by atoms with Gasteiger partial charge in [0.1, 0.15) is 17.1 Å². The van der Waals surface area contributed by atoms with E-state index in [1.165, 1.54) is 16.4 Å². The summed E-state index contributed by atoms with van der Waals surface area (Å²) >= 11 is 0. The fourth-order valence-corrected chi connectivity index (χ4v) is 5.26. The number of nitrogens with one attached hydrogen (secondary N) is 1. The van der Waals surface area contributed by atoms with Gasteiger partial charge in [0.05, 0.1) is 16.3 Å². The average Bonchev–Trinajstić information content (AvgIpc) is 3.14. The third kappa shape index (κ3) is 4.53. The number of anilines is 1. The fraction of sp³-hybridized carbons (Fsp3) is 0.304. The van der Waals surface area contributed by atoms with Crippen molar-refractivity contribution in [2.75, 3.05) is 18.4 Å². The van der Waals surface area contributed by atoms with E-state index in [9.17, 15) is 13.2 Å². The summed E-state index contributed by atoms with van der Waals surface area (Å²) in [5.74, 6) is 0.815. The van der Waals surface area contributed by atoms with Crippen LogP contribution >= 0.6 is 0 Å². The molecule has 3 aromatic rings. The molecule has 9 heteroatoms. The number of carbonyl (C=O) groups is 1. The number of ether oxygens (including phenoxy) is 1. The number of sulfonamides is 1. The molecule has 2 aromatic carbocycles. The maximum atomic E-state index is 13.2. The van der Waals surface area contributed by atoms with Crippen molar-refractivity contribution in [3.8, 4) is 11.5 Å². The molecule has 1 aliphatic rings. The lowest BCUT2D eigenvalue weighted by Crippen LogP contribution is -2.35. The fourth-order valence-electron chi connectivity index (χ4n) is 3.72. The summed E-state index contributed by atoms with van der Waals surface area (Å²) in [6, 6.07) is 13.6. The second-order valence-electron chi connectivity index (χ2n) is 7.69. The molecule has 1 fully saturated rings. The zero-order chi connectivity index (χ0) is 22.7. The SMILES string of the molecule is Cc1noc(C)c1C(=O)Nc1cc(S(=O)(=O)N2CCCCC2)ccc1Oc1ccccc1. The maximum absolute atomic E-state index is 13.2. The van der Waals surface area contributed by atoms with Gasteiger partial charge in [0.15, 0.2) is 5.75 Å². The highest BCUT2D eigenvalue weighted by molar-refractivity contribution is 7.89. The molecule has 0 radical (unpaired) electrons. The summed E-state index contributed by atoms with van der Waals surface area (Å²) in [5, 5.41) is 6.60. The number of aromatic nitrogens is 1. The molecule has 1 aromatic heterocycles. The molecule has 1 saturated heterocycles. The number of hydrogen-bond donors (Lipinski definition) is 1. The number of rotatable bonds is 6. The van der Waals surface area contributed by atoms with E-state index in [4.69, 9.17) is 9.26 Å². The molecule has 0 saturated carbocycles. The summed E-state index contributed by atoms with van der Waals surface area (Å²) in [6.07, 6.45) is 2.70. The van der Waals surface area contributed by atoms with E-state index < -0.39 is 15.9 Å². The lowest BCUT2D eigenvalue weighted by Gasteiger charge is -2.26. The number of nitrogens with zero attached hydrogens (tertiary/aromatic N) is 2. The van der Waals surface area contributed by atoms with Gasteiger partial charge < -0.3 is 14.6 Å². The largest absolute Gasteiger partial charge is 0.455 e. The first kappa shape index (κ1) is 22.0. The Balaban J connectivity index is 1.71. The first-order chi connectivity index (χ1) is 15.4. The van der Waals surface area contributed by atoms with Crippen molar-refractivity contribution in [3.63, 3.8) is 0 Å². The van der Waals surface area contributed by atoms with Gasteiger partial charge in [-0.25, -0.2) is 8.42 Å². The Morgan fingerprint density at radius 2 is 1.78 bits per heavy atom. The van der Waals surface area contributed by atoms with Gasteiger partial charge in [0.2, 0.25) is 10.0 Å². The summed E-state index contributed by atoms with van der Waals surface area (Å²) in [7, 11) is -3.68. The number of hydrogen-bond acceptors (Lipinski definition) is 6. The standard InChI is InChI=1S/C23H25N3O5S/c1-16-22(17(2)31-25-16)23(27)24-20-15-19(32(28,29)26-13-7-4-8-14-26)11-12-21(20)30-18-9-5-3-6-10-18/h3,5-6,9-12,15H,4,7-8,13-14H2,1-2H3,(H,24,27). The molecular formula is C23H25N3O5S. The van der Waals surface area contributed by atoms with Crippen LogP contribution in [0.25, 0.3) is 0 Å². The van der Waals surface area contributed by atoms with Gasteiger partial charge in [-0.1, -0.05) is 29.8 Å². The van der Waals surface area contributed by atoms with E-state index in [2.05, 4.69) is 10.5 Å². The zero-order valence-electron chi connectivity index (χ0n) is 18.0. The smallest absolute Gasteiger partial charge is 0.261 e. The van der Waals surface area contributed by atoms with Gasteiger partial charge in [0, 0.05) is 13.1 Å². The van der Waals surface area contributed by atoms with Crippen molar-refractivity contribution >= 4 is 21.6 Å². The van der Waals surface area contributed by atoms with Gasteiger partial charge >= 0.3 is 0 Å². The molecule has 1 amide bonds. The van der Waals surface area contributed by atoms with Gasteiger partial charge in [-0.15, -0.1) is 0 Å². The molecule has 0 unspecified atom stereocenters. The molecular weight excluding hydrogens is 430 g/mol. The predicted molar refractivity (Wildman–Crippen MR) is 119 cm³/mol. The summed E-state index contributed by atoms with van der Waals surface area (Å²) in [5.41, 5.74) is 1.000. The van der Waals surface area contributed by atoms with Crippen molar-refractivity contribution < 1.29 is 22.5 Å². The number of carbonyl (C=O) groups excluding carboxylic acids is 1. The van der Waals surface area contributed by atoms with Crippen molar-refractivity contribution in [3.05, 3.63) is 65.5 Å². The van der Waals surface area contributed by atoms with Crippen molar-refractivity contribution in [2.45, 2.75) is 38.0 Å². The average molecular weight is 456 g/mol. The van der Waals surface area contributed by atoms with E-state index in [0.717, 1.165) is 19.3 Å². The van der Waals surface area contributed by atoms with E-state index >= 15 is 0 Å². The van der Waals surface area contributed by atoms with Crippen LogP contribution in [0.2, 0.25) is 0 Å². The second-order valence-corrected chi connectivity index (χ2v) is 9.63.